The minimum absolute atomic E-state index is 0.711. The van der Waals surface area contributed by atoms with E-state index in [0.717, 1.165) is 28.2 Å². The van der Waals surface area contributed by atoms with Crippen LogP contribution in [0.3, 0.4) is 0 Å². The van der Waals surface area contributed by atoms with Crippen molar-refractivity contribution >= 4 is 11.1 Å². The lowest BCUT2D eigenvalue weighted by Crippen LogP contribution is -2.42. The highest BCUT2D eigenvalue weighted by molar-refractivity contribution is 7.79. The first-order valence-corrected chi connectivity index (χ1v) is 10.1. The first-order valence-electron chi connectivity index (χ1n) is 8.96. The van der Waals surface area contributed by atoms with E-state index in [2.05, 4.69) is 0 Å². The van der Waals surface area contributed by atoms with Gasteiger partial charge in [-0.3, -0.25) is 4.21 Å². The summed E-state index contributed by atoms with van der Waals surface area (Å²) >= 11 is -2.31. The molecule has 0 aliphatic heterocycles. The zero-order chi connectivity index (χ0) is 20.1. The molecule has 0 amide bonds. The third-order valence-electron chi connectivity index (χ3n) is 5.22. The van der Waals surface area contributed by atoms with Gasteiger partial charge in [-0.1, -0.05) is 72.6 Å². The fourth-order valence-corrected chi connectivity index (χ4v) is 4.45. The van der Waals surface area contributed by atoms with Gasteiger partial charge < -0.3 is 14.0 Å². The van der Waals surface area contributed by atoms with Gasteiger partial charge >= 0.3 is 0 Å². The van der Waals surface area contributed by atoms with Crippen LogP contribution < -0.4 is 9.47 Å². The molecule has 0 N–H and O–H groups in total. The monoisotopic (exact) mass is 395 g/mol. The summed E-state index contributed by atoms with van der Waals surface area (Å²) in [7, 11) is 3.22. The van der Waals surface area contributed by atoms with Gasteiger partial charge in [0.1, 0.15) is 11.5 Å². The Labute approximate surface area is 168 Å². The van der Waals surface area contributed by atoms with Crippen molar-refractivity contribution in [3.63, 3.8) is 0 Å². The van der Waals surface area contributed by atoms with Gasteiger partial charge in [0.2, 0.25) is 0 Å². The molecule has 2 unspecified atom stereocenters. The second kappa shape index (κ2) is 8.59. The molecule has 2 atom stereocenters. The van der Waals surface area contributed by atoms with E-state index in [1.807, 2.05) is 78.9 Å². The zero-order valence-electron chi connectivity index (χ0n) is 16.1. The fraction of sp³-hybridized carbons (Fsp3) is 0.217. The van der Waals surface area contributed by atoms with Gasteiger partial charge in [-0.25, -0.2) is 0 Å². The first-order chi connectivity index (χ1) is 13.5. The Morgan fingerprint density at radius 3 is 1.50 bits per heavy atom. The number of benzene rings is 3. The maximum Gasteiger partial charge on any atom is 0.118 e. The lowest BCUT2D eigenvalue weighted by molar-refractivity contribution is 0.413. The molecule has 0 radical (unpaired) electrons. The van der Waals surface area contributed by atoms with E-state index < -0.39 is 21.7 Å². The van der Waals surface area contributed by atoms with Crippen LogP contribution in [0.2, 0.25) is 0 Å². The third kappa shape index (κ3) is 3.55. The topological polar surface area (TPSA) is 58.6 Å². The van der Waals surface area contributed by atoms with Crippen LogP contribution in [0.4, 0.5) is 0 Å². The molecular weight excluding hydrogens is 372 g/mol. The van der Waals surface area contributed by atoms with Crippen LogP contribution >= 0.6 is 0 Å². The van der Waals surface area contributed by atoms with E-state index in [9.17, 15) is 8.76 Å². The van der Waals surface area contributed by atoms with Crippen molar-refractivity contribution in [2.45, 2.75) is 17.6 Å². The predicted molar refractivity (Wildman–Crippen MR) is 111 cm³/mol. The van der Waals surface area contributed by atoms with E-state index in [4.69, 9.17) is 9.47 Å². The molecule has 0 spiro atoms. The average Bonchev–Trinajstić information content (AvgIpc) is 2.75. The van der Waals surface area contributed by atoms with E-state index in [1.165, 1.54) is 0 Å². The summed E-state index contributed by atoms with van der Waals surface area (Å²) in [6.45, 7) is 1.74. The first kappa shape index (κ1) is 20.1. The quantitative estimate of drug-likeness (QED) is 0.442. The second-order valence-electron chi connectivity index (χ2n) is 6.53. The molecule has 0 aliphatic rings. The summed E-state index contributed by atoms with van der Waals surface area (Å²) in [4.78, 5) is 0. The van der Waals surface area contributed by atoms with E-state index in [1.54, 1.807) is 21.1 Å². The van der Waals surface area contributed by atoms with Crippen molar-refractivity contribution in [3.8, 4) is 11.5 Å². The van der Waals surface area contributed by atoms with Crippen molar-refractivity contribution in [1.82, 2.24) is 0 Å². The Morgan fingerprint density at radius 1 is 0.750 bits per heavy atom. The summed E-state index contributed by atoms with van der Waals surface area (Å²) in [6.07, 6.45) is 0. The number of methoxy groups -OCH3 is 2. The lowest BCUT2D eigenvalue weighted by Gasteiger charge is -2.42. The molecule has 0 bridgehead atoms. The van der Waals surface area contributed by atoms with Crippen LogP contribution in [0.1, 0.15) is 23.6 Å². The van der Waals surface area contributed by atoms with Crippen LogP contribution in [-0.4, -0.2) is 28.2 Å². The summed E-state index contributed by atoms with van der Waals surface area (Å²) in [5.41, 5.74) is 1.77. The highest BCUT2D eigenvalue weighted by Gasteiger charge is 2.42. The third-order valence-corrected chi connectivity index (χ3v) is 6.15. The van der Waals surface area contributed by atoms with Crippen molar-refractivity contribution in [3.05, 3.63) is 95.6 Å². The largest absolute Gasteiger partial charge is 0.772 e. The van der Waals surface area contributed by atoms with E-state index in [-0.39, 0.29) is 0 Å². The van der Waals surface area contributed by atoms with Crippen LogP contribution in [0, 0.1) is 0 Å². The molecule has 3 aromatic carbocycles. The summed E-state index contributed by atoms with van der Waals surface area (Å²) in [5.74, 6) is 1.44. The molecule has 0 aromatic heterocycles. The molecule has 3 aromatic rings. The summed E-state index contributed by atoms with van der Waals surface area (Å²) in [6, 6.07) is 24.9. The normalized spacial score (nSPS) is 13.6. The Balaban J connectivity index is 2.35. The molecule has 0 heterocycles. The molecule has 0 saturated heterocycles. The average molecular weight is 396 g/mol. The summed E-state index contributed by atoms with van der Waals surface area (Å²) in [5, 5.41) is -0.711. The lowest BCUT2D eigenvalue weighted by atomic mass is 9.67. The van der Waals surface area contributed by atoms with Crippen molar-refractivity contribution in [2.75, 3.05) is 14.2 Å². The SMILES string of the molecule is COc1ccc(C(c2ccccc2)(c2ccc(OC)cc2)C(C)S(=O)[O-])cc1. The second-order valence-corrected chi connectivity index (χ2v) is 7.76. The summed E-state index contributed by atoms with van der Waals surface area (Å²) < 4.78 is 35.1. The van der Waals surface area contributed by atoms with Crippen molar-refractivity contribution in [2.24, 2.45) is 0 Å². The molecule has 3 rings (SSSR count). The van der Waals surface area contributed by atoms with Gasteiger partial charge in [0.25, 0.3) is 0 Å². The Hall–Kier alpha value is -2.63. The zero-order valence-corrected chi connectivity index (χ0v) is 16.9. The molecular formula is C23H23O4S-. The highest BCUT2D eigenvalue weighted by Crippen LogP contribution is 2.44. The minimum Gasteiger partial charge on any atom is -0.772 e. The van der Waals surface area contributed by atoms with Gasteiger partial charge in [-0.15, -0.1) is 0 Å². The van der Waals surface area contributed by atoms with Crippen LogP contribution in [0.15, 0.2) is 78.9 Å². The smallest absolute Gasteiger partial charge is 0.118 e. The number of hydrogen-bond acceptors (Lipinski definition) is 4. The van der Waals surface area contributed by atoms with Gasteiger partial charge in [0.05, 0.1) is 19.6 Å². The highest BCUT2D eigenvalue weighted by atomic mass is 32.2. The molecule has 4 nitrogen and oxygen atoms in total. The molecule has 0 saturated carbocycles. The maximum atomic E-state index is 12.3. The van der Waals surface area contributed by atoms with E-state index >= 15 is 0 Å². The van der Waals surface area contributed by atoms with Gasteiger partial charge in [-0.05, 0) is 41.0 Å². The van der Waals surface area contributed by atoms with Crippen LogP contribution in [0.25, 0.3) is 0 Å². The molecule has 0 aliphatic carbocycles. The predicted octanol–water partition coefficient (Wildman–Crippen LogP) is 4.31. The number of ether oxygens (including phenoxy) is 2. The Morgan fingerprint density at radius 2 is 1.14 bits per heavy atom. The molecule has 28 heavy (non-hydrogen) atoms. The number of hydrogen-bond donors (Lipinski definition) is 0. The van der Waals surface area contributed by atoms with Crippen molar-refractivity contribution in [1.29, 1.82) is 0 Å². The fourth-order valence-electron chi connectivity index (χ4n) is 3.76. The number of rotatable bonds is 7. The minimum atomic E-state index is -2.31. The molecule has 0 fully saturated rings. The van der Waals surface area contributed by atoms with Gasteiger partial charge in [0.15, 0.2) is 0 Å². The van der Waals surface area contributed by atoms with Crippen LogP contribution in [-0.2, 0) is 16.5 Å². The molecule has 146 valence electrons. The Kier molecular flexibility index (Phi) is 6.17. The standard InChI is InChI=1S/C23H24O4S/c1-17(28(24)25)23(18-7-5-4-6-8-18,19-9-13-21(26-2)14-10-19)20-11-15-22(27-3)16-12-20/h4-17H,1-3H3,(H,24,25)/p-1. The van der Waals surface area contributed by atoms with Gasteiger partial charge in [-0.2, -0.15) is 0 Å². The maximum absolute atomic E-state index is 12.3. The van der Waals surface area contributed by atoms with Crippen LogP contribution in [0.5, 0.6) is 11.5 Å². The van der Waals surface area contributed by atoms with Crippen molar-refractivity contribution < 1.29 is 18.2 Å². The van der Waals surface area contributed by atoms with E-state index in [0.29, 0.717) is 0 Å². The molecule has 5 heteroatoms. The Bertz CT molecular complexity index is 874. The van der Waals surface area contributed by atoms with Gasteiger partial charge in [0, 0.05) is 5.25 Å².